The minimum Gasteiger partial charge on any atom is -0.302 e. The first-order chi connectivity index (χ1) is 6.66. The molecule has 74 valence electrons. The lowest BCUT2D eigenvalue weighted by molar-refractivity contribution is 0.101. The van der Waals surface area contributed by atoms with Crippen molar-refractivity contribution in [1.29, 1.82) is 0 Å². The number of nitrogens with zero attached hydrogens (tertiary/aromatic N) is 1. The van der Waals surface area contributed by atoms with Crippen LogP contribution in [0.25, 0.3) is 0 Å². The molecule has 1 aromatic carbocycles. The number of likely N-dealkylation sites (N-methyl/N-ethyl adjacent to an activating group) is 1. The summed E-state index contributed by atoms with van der Waals surface area (Å²) in [5, 5.41) is 0. The first-order valence-electron chi connectivity index (χ1n) is 4.98. The van der Waals surface area contributed by atoms with E-state index in [0.717, 1.165) is 25.1 Å². The lowest BCUT2D eigenvalue weighted by Crippen LogP contribution is -2.26. The van der Waals surface area contributed by atoms with Crippen LogP contribution in [0.1, 0.15) is 28.4 Å². The van der Waals surface area contributed by atoms with Crippen LogP contribution in [0.5, 0.6) is 0 Å². The Labute approximate surface area is 84.5 Å². The second-order valence-electron chi connectivity index (χ2n) is 4.03. The fourth-order valence-electron chi connectivity index (χ4n) is 1.92. The predicted molar refractivity (Wildman–Crippen MR) is 56.5 cm³/mol. The van der Waals surface area contributed by atoms with Crippen LogP contribution < -0.4 is 0 Å². The van der Waals surface area contributed by atoms with Crippen LogP contribution in [0.3, 0.4) is 0 Å². The second kappa shape index (κ2) is 3.54. The molecule has 0 bridgehead atoms. The fourth-order valence-corrected chi connectivity index (χ4v) is 1.92. The molecule has 0 saturated heterocycles. The third-order valence-corrected chi connectivity index (χ3v) is 2.82. The number of fused-ring (bicyclic) bond motifs is 1. The average molecular weight is 189 g/mol. The molecule has 0 aliphatic carbocycles. The summed E-state index contributed by atoms with van der Waals surface area (Å²) in [6.07, 6.45) is 1.10. The van der Waals surface area contributed by atoms with Crippen molar-refractivity contribution in [2.75, 3.05) is 13.6 Å². The molecule has 1 aromatic rings. The van der Waals surface area contributed by atoms with E-state index in [4.69, 9.17) is 0 Å². The summed E-state index contributed by atoms with van der Waals surface area (Å²) in [7, 11) is 2.11. The molecule has 1 aliphatic heterocycles. The molecule has 14 heavy (non-hydrogen) atoms. The summed E-state index contributed by atoms with van der Waals surface area (Å²) in [4.78, 5) is 13.5. The topological polar surface area (TPSA) is 20.3 Å². The Morgan fingerprint density at radius 1 is 1.36 bits per heavy atom. The summed E-state index contributed by atoms with van der Waals surface area (Å²) >= 11 is 0. The van der Waals surface area contributed by atoms with E-state index >= 15 is 0 Å². The highest BCUT2D eigenvalue weighted by atomic mass is 16.1. The van der Waals surface area contributed by atoms with Crippen molar-refractivity contribution in [2.24, 2.45) is 0 Å². The van der Waals surface area contributed by atoms with Crippen LogP contribution >= 0.6 is 0 Å². The Morgan fingerprint density at radius 2 is 2.14 bits per heavy atom. The molecular weight excluding hydrogens is 174 g/mol. The monoisotopic (exact) mass is 189 g/mol. The van der Waals surface area contributed by atoms with Crippen LogP contribution in [0.15, 0.2) is 18.2 Å². The maximum Gasteiger partial charge on any atom is 0.159 e. The van der Waals surface area contributed by atoms with Gasteiger partial charge < -0.3 is 4.90 Å². The Hall–Kier alpha value is -1.15. The van der Waals surface area contributed by atoms with Crippen LogP contribution in [-0.2, 0) is 13.0 Å². The van der Waals surface area contributed by atoms with Gasteiger partial charge in [-0.25, -0.2) is 0 Å². The Morgan fingerprint density at radius 3 is 2.86 bits per heavy atom. The van der Waals surface area contributed by atoms with E-state index < -0.39 is 0 Å². The molecule has 0 N–H and O–H groups in total. The van der Waals surface area contributed by atoms with E-state index in [9.17, 15) is 4.79 Å². The van der Waals surface area contributed by atoms with Gasteiger partial charge in [0.1, 0.15) is 0 Å². The van der Waals surface area contributed by atoms with Crippen molar-refractivity contribution >= 4 is 5.78 Å². The van der Waals surface area contributed by atoms with Crippen molar-refractivity contribution in [3.05, 3.63) is 34.9 Å². The molecule has 2 rings (SSSR count). The quantitative estimate of drug-likeness (QED) is 0.629. The lowest BCUT2D eigenvalue weighted by Gasteiger charge is -2.25. The van der Waals surface area contributed by atoms with Crippen molar-refractivity contribution in [2.45, 2.75) is 19.9 Å². The molecule has 2 heteroatoms. The highest BCUT2D eigenvalue weighted by Crippen LogP contribution is 2.19. The number of benzene rings is 1. The van der Waals surface area contributed by atoms with Gasteiger partial charge in [-0.15, -0.1) is 0 Å². The standard InChI is InChI=1S/C12H15NO/c1-9(14)11-4-3-10-5-6-13(2)8-12(10)7-11/h3-4,7H,5-6,8H2,1-2H3. The summed E-state index contributed by atoms with van der Waals surface area (Å²) in [5.41, 5.74) is 3.54. The summed E-state index contributed by atoms with van der Waals surface area (Å²) < 4.78 is 0. The van der Waals surface area contributed by atoms with Gasteiger partial charge in [0.2, 0.25) is 0 Å². The average Bonchev–Trinajstić information content (AvgIpc) is 2.16. The molecule has 0 fully saturated rings. The molecule has 0 atom stereocenters. The number of Topliss-reactive ketones (excluding diaryl/α,β-unsaturated/α-hetero) is 1. The lowest BCUT2D eigenvalue weighted by atomic mass is 9.97. The van der Waals surface area contributed by atoms with Crippen molar-refractivity contribution in [1.82, 2.24) is 4.90 Å². The number of carbonyl (C=O) groups is 1. The third-order valence-electron chi connectivity index (χ3n) is 2.82. The number of rotatable bonds is 1. The van der Waals surface area contributed by atoms with Gasteiger partial charge in [0.15, 0.2) is 5.78 Å². The summed E-state index contributed by atoms with van der Waals surface area (Å²) in [6.45, 7) is 3.71. The van der Waals surface area contributed by atoms with Gasteiger partial charge in [0.05, 0.1) is 0 Å². The van der Waals surface area contributed by atoms with Gasteiger partial charge in [-0.2, -0.15) is 0 Å². The Balaban J connectivity index is 2.37. The van der Waals surface area contributed by atoms with Gasteiger partial charge in [0.25, 0.3) is 0 Å². The van der Waals surface area contributed by atoms with E-state index in [2.05, 4.69) is 18.0 Å². The van der Waals surface area contributed by atoms with E-state index in [1.165, 1.54) is 11.1 Å². The largest absolute Gasteiger partial charge is 0.302 e. The van der Waals surface area contributed by atoms with Crippen molar-refractivity contribution in [3.63, 3.8) is 0 Å². The smallest absolute Gasteiger partial charge is 0.159 e. The van der Waals surface area contributed by atoms with Crippen LogP contribution in [0, 0.1) is 0 Å². The molecule has 0 saturated carbocycles. The minimum atomic E-state index is 0.154. The molecule has 0 amide bonds. The van der Waals surface area contributed by atoms with Crippen molar-refractivity contribution in [3.8, 4) is 0 Å². The zero-order chi connectivity index (χ0) is 10.1. The Kier molecular flexibility index (Phi) is 2.38. The second-order valence-corrected chi connectivity index (χ2v) is 4.03. The van der Waals surface area contributed by atoms with Gasteiger partial charge in [0, 0.05) is 18.7 Å². The number of hydrogen-bond acceptors (Lipinski definition) is 2. The van der Waals surface area contributed by atoms with Gasteiger partial charge in [-0.3, -0.25) is 4.79 Å². The molecule has 0 unspecified atom stereocenters. The van der Waals surface area contributed by atoms with E-state index in [-0.39, 0.29) is 5.78 Å². The minimum absolute atomic E-state index is 0.154. The van der Waals surface area contributed by atoms with E-state index in [1.807, 2.05) is 12.1 Å². The number of ketones is 1. The SMILES string of the molecule is CC(=O)c1ccc2c(c1)CN(C)CC2. The molecule has 0 aromatic heterocycles. The molecule has 1 heterocycles. The van der Waals surface area contributed by atoms with Gasteiger partial charge in [-0.05, 0) is 37.6 Å². The van der Waals surface area contributed by atoms with E-state index in [0.29, 0.717) is 0 Å². The maximum absolute atomic E-state index is 11.2. The fraction of sp³-hybridized carbons (Fsp3) is 0.417. The maximum atomic E-state index is 11.2. The van der Waals surface area contributed by atoms with Crippen LogP contribution in [0.2, 0.25) is 0 Å². The number of carbonyl (C=O) groups excluding carboxylic acids is 1. The predicted octanol–water partition coefficient (Wildman–Crippen LogP) is 1.88. The molecule has 0 spiro atoms. The Bertz CT molecular complexity index is 371. The third kappa shape index (κ3) is 1.70. The summed E-state index contributed by atoms with van der Waals surface area (Å²) in [6, 6.07) is 6.07. The van der Waals surface area contributed by atoms with Crippen LogP contribution in [-0.4, -0.2) is 24.3 Å². The van der Waals surface area contributed by atoms with Crippen molar-refractivity contribution < 1.29 is 4.79 Å². The zero-order valence-electron chi connectivity index (χ0n) is 8.71. The highest BCUT2D eigenvalue weighted by molar-refractivity contribution is 5.94. The molecular formula is C12H15NO. The number of hydrogen-bond donors (Lipinski definition) is 0. The highest BCUT2D eigenvalue weighted by Gasteiger charge is 2.13. The van der Waals surface area contributed by atoms with E-state index in [1.54, 1.807) is 6.92 Å². The molecule has 0 radical (unpaired) electrons. The molecule has 2 nitrogen and oxygen atoms in total. The van der Waals surface area contributed by atoms with Gasteiger partial charge >= 0.3 is 0 Å². The zero-order valence-corrected chi connectivity index (χ0v) is 8.71. The van der Waals surface area contributed by atoms with Crippen LogP contribution in [0.4, 0.5) is 0 Å². The first-order valence-corrected chi connectivity index (χ1v) is 4.98. The first kappa shape index (κ1) is 9.41. The van der Waals surface area contributed by atoms with Gasteiger partial charge in [-0.1, -0.05) is 12.1 Å². The molecule has 1 aliphatic rings. The summed E-state index contributed by atoms with van der Waals surface area (Å²) in [5.74, 6) is 0.154. The normalized spacial score (nSPS) is 16.4.